The summed E-state index contributed by atoms with van der Waals surface area (Å²) in [6.45, 7) is 12.3. The molecule has 0 spiro atoms. The van der Waals surface area contributed by atoms with Crippen LogP contribution in [-0.4, -0.2) is 48.6 Å². The monoisotopic (exact) mass is 267 g/mol. The lowest BCUT2D eigenvalue weighted by molar-refractivity contribution is 0.0910. The average molecular weight is 267 g/mol. The van der Waals surface area contributed by atoms with Crippen LogP contribution in [0.25, 0.3) is 0 Å². The summed E-state index contributed by atoms with van der Waals surface area (Å²) < 4.78 is 0. The Kier molecular flexibility index (Phi) is 4.78. The van der Waals surface area contributed by atoms with E-state index in [1.165, 1.54) is 23.5 Å². The zero-order chi connectivity index (χ0) is 13.1. The summed E-state index contributed by atoms with van der Waals surface area (Å²) in [6.07, 6.45) is 0. The van der Waals surface area contributed by atoms with E-state index in [0.29, 0.717) is 6.04 Å². The second kappa shape index (κ2) is 6.15. The van der Waals surface area contributed by atoms with Gasteiger partial charge < -0.3 is 10.6 Å². The molecule has 1 aromatic rings. The van der Waals surface area contributed by atoms with Crippen molar-refractivity contribution in [3.63, 3.8) is 0 Å². The zero-order valence-electron chi connectivity index (χ0n) is 11.7. The quantitative estimate of drug-likeness (QED) is 0.906. The zero-order valence-corrected chi connectivity index (χ0v) is 12.5. The van der Waals surface area contributed by atoms with Crippen LogP contribution in [0.4, 0.5) is 0 Å². The number of aryl methyl sites for hydroxylation is 1. The Bertz CT molecular complexity index is 367. The summed E-state index contributed by atoms with van der Waals surface area (Å²) in [4.78, 5) is 6.53. The van der Waals surface area contributed by atoms with Gasteiger partial charge >= 0.3 is 0 Å². The van der Waals surface area contributed by atoms with E-state index in [-0.39, 0.29) is 6.04 Å². The summed E-state index contributed by atoms with van der Waals surface area (Å²) >= 11 is 1.85. The number of rotatable bonds is 4. The van der Waals surface area contributed by atoms with E-state index in [1.54, 1.807) is 0 Å². The molecule has 2 unspecified atom stereocenters. The SMILES string of the molecule is CCN1CCN(C(c2sccc2C)C(C)N)CC1. The Morgan fingerprint density at radius 1 is 1.33 bits per heavy atom. The number of thiophene rings is 1. The number of hydrogen-bond donors (Lipinski definition) is 1. The molecule has 1 aliphatic rings. The van der Waals surface area contributed by atoms with E-state index >= 15 is 0 Å². The highest BCUT2D eigenvalue weighted by Crippen LogP contribution is 2.31. The van der Waals surface area contributed by atoms with E-state index in [0.717, 1.165) is 19.6 Å². The third-order valence-electron chi connectivity index (χ3n) is 3.92. The highest BCUT2D eigenvalue weighted by molar-refractivity contribution is 7.10. The maximum atomic E-state index is 6.25. The van der Waals surface area contributed by atoms with Crippen LogP contribution in [0, 0.1) is 6.92 Å². The van der Waals surface area contributed by atoms with E-state index in [9.17, 15) is 0 Å². The minimum absolute atomic E-state index is 0.190. The number of nitrogens with two attached hydrogens (primary N) is 1. The van der Waals surface area contributed by atoms with Crippen molar-refractivity contribution in [3.05, 3.63) is 21.9 Å². The molecule has 0 aliphatic carbocycles. The fourth-order valence-electron chi connectivity index (χ4n) is 2.78. The Hall–Kier alpha value is -0.420. The van der Waals surface area contributed by atoms with E-state index in [2.05, 4.69) is 42.0 Å². The van der Waals surface area contributed by atoms with Crippen LogP contribution in [0.3, 0.4) is 0 Å². The third-order valence-corrected chi connectivity index (χ3v) is 5.01. The van der Waals surface area contributed by atoms with Gasteiger partial charge in [-0.25, -0.2) is 0 Å². The summed E-state index contributed by atoms with van der Waals surface area (Å²) in [5.41, 5.74) is 7.64. The van der Waals surface area contributed by atoms with E-state index in [4.69, 9.17) is 5.73 Å². The van der Waals surface area contributed by atoms with Crippen LogP contribution in [0.15, 0.2) is 11.4 Å². The summed E-state index contributed by atoms with van der Waals surface area (Å²) in [5.74, 6) is 0. The molecule has 2 N–H and O–H groups in total. The summed E-state index contributed by atoms with van der Waals surface area (Å²) in [7, 11) is 0. The molecule has 0 aromatic carbocycles. The van der Waals surface area contributed by atoms with E-state index in [1.807, 2.05) is 11.3 Å². The molecule has 1 saturated heterocycles. The fraction of sp³-hybridized carbons (Fsp3) is 0.714. The second-order valence-corrected chi connectivity index (χ2v) is 6.19. The topological polar surface area (TPSA) is 32.5 Å². The molecule has 0 bridgehead atoms. The standard InChI is InChI=1S/C14H25N3S/c1-4-16-6-8-17(9-7-16)13(12(3)15)14-11(2)5-10-18-14/h5,10,12-13H,4,6-9,15H2,1-3H3. The minimum Gasteiger partial charge on any atom is -0.326 e. The lowest BCUT2D eigenvalue weighted by Gasteiger charge is -2.40. The maximum absolute atomic E-state index is 6.25. The highest BCUT2D eigenvalue weighted by Gasteiger charge is 2.28. The van der Waals surface area contributed by atoms with E-state index < -0.39 is 0 Å². The molecular formula is C14H25N3S. The fourth-order valence-corrected chi connectivity index (χ4v) is 3.96. The van der Waals surface area contributed by atoms with Crippen molar-refractivity contribution in [1.82, 2.24) is 9.80 Å². The van der Waals surface area contributed by atoms with Crippen LogP contribution < -0.4 is 5.73 Å². The first-order valence-corrected chi connectivity index (χ1v) is 7.77. The van der Waals surface area contributed by atoms with Crippen LogP contribution in [-0.2, 0) is 0 Å². The summed E-state index contributed by atoms with van der Waals surface area (Å²) in [6, 6.07) is 2.79. The lowest BCUT2D eigenvalue weighted by Crippen LogP contribution is -2.50. The highest BCUT2D eigenvalue weighted by atomic mass is 32.1. The van der Waals surface area contributed by atoms with Crippen LogP contribution >= 0.6 is 11.3 Å². The first kappa shape index (κ1) is 14.0. The molecule has 0 amide bonds. The predicted molar refractivity (Wildman–Crippen MR) is 79.1 cm³/mol. The average Bonchev–Trinajstić information content (AvgIpc) is 2.76. The molecular weight excluding hydrogens is 242 g/mol. The molecule has 2 heterocycles. The molecule has 18 heavy (non-hydrogen) atoms. The van der Waals surface area contributed by atoms with Crippen molar-refractivity contribution < 1.29 is 0 Å². The third kappa shape index (κ3) is 2.94. The smallest absolute Gasteiger partial charge is 0.0594 e. The van der Waals surface area contributed by atoms with Gasteiger partial charge in [-0.1, -0.05) is 6.92 Å². The molecule has 1 aromatic heterocycles. The molecule has 2 atom stereocenters. The Morgan fingerprint density at radius 3 is 2.44 bits per heavy atom. The second-order valence-electron chi connectivity index (χ2n) is 5.24. The van der Waals surface area contributed by atoms with Crippen LogP contribution in [0.1, 0.15) is 30.3 Å². The van der Waals surface area contributed by atoms with Gasteiger partial charge in [-0.2, -0.15) is 0 Å². The molecule has 3 nitrogen and oxygen atoms in total. The summed E-state index contributed by atoms with van der Waals surface area (Å²) in [5, 5.41) is 2.18. The van der Waals surface area contributed by atoms with Crippen molar-refractivity contribution >= 4 is 11.3 Å². The molecule has 102 valence electrons. The molecule has 0 radical (unpaired) electrons. The number of likely N-dealkylation sites (N-methyl/N-ethyl adjacent to an activating group) is 1. The normalized spacial score (nSPS) is 22.0. The Labute approximate surface area is 115 Å². The number of piperazine rings is 1. The number of hydrogen-bond acceptors (Lipinski definition) is 4. The van der Waals surface area contributed by atoms with Crippen LogP contribution in [0.5, 0.6) is 0 Å². The maximum Gasteiger partial charge on any atom is 0.0594 e. The van der Waals surface area contributed by atoms with Crippen molar-refractivity contribution in [2.24, 2.45) is 5.73 Å². The van der Waals surface area contributed by atoms with Gasteiger partial charge in [-0.3, -0.25) is 4.90 Å². The van der Waals surface area contributed by atoms with Gasteiger partial charge in [0.05, 0.1) is 6.04 Å². The molecule has 0 saturated carbocycles. The van der Waals surface area contributed by atoms with Crippen molar-refractivity contribution in [3.8, 4) is 0 Å². The van der Waals surface area contributed by atoms with Gasteiger partial charge in [0.15, 0.2) is 0 Å². The molecule has 1 aliphatic heterocycles. The predicted octanol–water partition coefficient (Wildman–Crippen LogP) is 2.08. The molecule has 4 heteroatoms. The molecule has 2 rings (SSSR count). The first-order chi connectivity index (χ1) is 8.63. The van der Waals surface area contributed by atoms with Crippen molar-refractivity contribution in [1.29, 1.82) is 0 Å². The Balaban J connectivity index is 2.10. The van der Waals surface area contributed by atoms with Gasteiger partial charge in [-0.05, 0) is 37.4 Å². The number of nitrogens with zero attached hydrogens (tertiary/aromatic N) is 2. The van der Waals surface area contributed by atoms with Gasteiger partial charge in [-0.15, -0.1) is 11.3 Å². The van der Waals surface area contributed by atoms with Gasteiger partial charge in [0, 0.05) is 37.1 Å². The van der Waals surface area contributed by atoms with Crippen molar-refractivity contribution in [2.75, 3.05) is 32.7 Å². The lowest BCUT2D eigenvalue weighted by atomic mass is 10.0. The van der Waals surface area contributed by atoms with Crippen molar-refractivity contribution in [2.45, 2.75) is 32.9 Å². The Morgan fingerprint density at radius 2 is 2.00 bits per heavy atom. The molecule has 1 fully saturated rings. The largest absolute Gasteiger partial charge is 0.326 e. The van der Waals surface area contributed by atoms with Gasteiger partial charge in [0.1, 0.15) is 0 Å². The van der Waals surface area contributed by atoms with Gasteiger partial charge in [0.25, 0.3) is 0 Å². The van der Waals surface area contributed by atoms with Crippen LogP contribution in [0.2, 0.25) is 0 Å². The van der Waals surface area contributed by atoms with Gasteiger partial charge in [0.2, 0.25) is 0 Å². The minimum atomic E-state index is 0.190. The first-order valence-electron chi connectivity index (χ1n) is 6.89.